The Kier molecular flexibility index (Phi) is 6.01. The molecule has 1 aromatic carbocycles. The molecule has 1 aliphatic rings. The molecule has 0 N–H and O–H groups in total. The van der Waals surface area contributed by atoms with Gasteiger partial charge >= 0.3 is 11.9 Å². The lowest BCUT2D eigenvalue weighted by Crippen LogP contribution is -2.37. The second-order valence-corrected chi connectivity index (χ2v) is 7.58. The minimum atomic E-state index is -0.891. The van der Waals surface area contributed by atoms with Crippen LogP contribution in [0.15, 0.2) is 40.5 Å². The molecule has 8 heteroatoms. The summed E-state index contributed by atoms with van der Waals surface area (Å²) >= 11 is 0. The fourth-order valence-electron chi connectivity index (χ4n) is 3.26. The first-order valence-electron chi connectivity index (χ1n) is 8.77. The van der Waals surface area contributed by atoms with E-state index in [2.05, 4.69) is 4.99 Å². The van der Waals surface area contributed by atoms with Crippen molar-refractivity contribution in [1.29, 1.82) is 0 Å². The Balaban J connectivity index is 2.69. The third kappa shape index (κ3) is 4.44. The van der Waals surface area contributed by atoms with Crippen molar-refractivity contribution in [1.82, 2.24) is 0 Å². The minimum Gasteiger partial charge on any atom is -0.468 e. The maximum absolute atomic E-state index is 13.0. The summed E-state index contributed by atoms with van der Waals surface area (Å²) in [4.78, 5) is 40.5. The molecule has 0 aliphatic carbocycles. The van der Waals surface area contributed by atoms with Gasteiger partial charge in [-0.3, -0.25) is 19.9 Å². The molecule has 1 aromatic rings. The van der Waals surface area contributed by atoms with Crippen LogP contribution in [0.25, 0.3) is 0 Å². The lowest BCUT2D eigenvalue weighted by Gasteiger charge is -2.32. The molecule has 2 atom stereocenters. The van der Waals surface area contributed by atoms with Crippen LogP contribution in [0.1, 0.15) is 46.1 Å². The number of carbonyl (C=O) groups is 2. The molecule has 2 rings (SSSR count). The summed E-state index contributed by atoms with van der Waals surface area (Å²) in [7, 11) is 1.25. The number of methoxy groups -OCH3 is 1. The van der Waals surface area contributed by atoms with Gasteiger partial charge in [-0.1, -0.05) is 12.1 Å². The van der Waals surface area contributed by atoms with E-state index in [0.29, 0.717) is 17.0 Å². The molecule has 0 saturated heterocycles. The van der Waals surface area contributed by atoms with Crippen LogP contribution in [0.2, 0.25) is 0 Å². The van der Waals surface area contributed by atoms with E-state index in [1.807, 2.05) is 0 Å². The molecule has 0 bridgehead atoms. The third-order valence-electron chi connectivity index (χ3n) is 4.34. The number of esters is 2. The largest absolute Gasteiger partial charge is 0.468 e. The number of rotatable bonds is 4. The Labute approximate surface area is 163 Å². The molecular formula is C20H24N2O6. The molecule has 1 unspecified atom stereocenters. The zero-order chi connectivity index (χ0) is 21.2. The van der Waals surface area contributed by atoms with Crippen molar-refractivity contribution in [2.45, 2.75) is 46.1 Å². The second kappa shape index (κ2) is 7.92. The van der Waals surface area contributed by atoms with E-state index in [-0.39, 0.29) is 11.3 Å². The first-order chi connectivity index (χ1) is 13.0. The molecule has 0 aromatic heterocycles. The summed E-state index contributed by atoms with van der Waals surface area (Å²) in [5.74, 6) is -2.89. The number of nitrogens with zero attached hydrogens (tertiary/aromatic N) is 2. The number of ether oxygens (including phenoxy) is 2. The Morgan fingerprint density at radius 3 is 2.39 bits per heavy atom. The molecular weight excluding hydrogens is 364 g/mol. The number of carbonyl (C=O) groups excluding carboxylic acids is 2. The van der Waals surface area contributed by atoms with E-state index in [9.17, 15) is 19.7 Å². The predicted molar refractivity (Wildman–Crippen MR) is 103 cm³/mol. The standard InChI is InChI=1S/C20H24N2O6/c1-11-15(18(23)27-6)17(13-8-7-9-14(10-13)22(25)26)16(12(2)21-11)19(24)28-20(3,4)5/h7-10,15,17H,1-6H3/t15?,17-/m0/s1. The first kappa shape index (κ1) is 21.3. The van der Waals surface area contributed by atoms with Gasteiger partial charge in [0.15, 0.2) is 0 Å². The van der Waals surface area contributed by atoms with E-state index >= 15 is 0 Å². The topological polar surface area (TPSA) is 108 Å². The summed E-state index contributed by atoms with van der Waals surface area (Å²) < 4.78 is 10.4. The number of benzene rings is 1. The van der Waals surface area contributed by atoms with E-state index in [1.54, 1.807) is 40.7 Å². The van der Waals surface area contributed by atoms with Crippen LogP contribution < -0.4 is 0 Å². The summed E-state index contributed by atoms with van der Waals surface area (Å²) in [5, 5.41) is 11.2. The van der Waals surface area contributed by atoms with Gasteiger partial charge < -0.3 is 9.47 Å². The van der Waals surface area contributed by atoms with E-state index in [0.717, 1.165) is 0 Å². The van der Waals surface area contributed by atoms with Gasteiger partial charge in [-0.15, -0.1) is 0 Å². The van der Waals surface area contributed by atoms with Gasteiger partial charge in [-0.05, 0) is 40.2 Å². The van der Waals surface area contributed by atoms with Crippen LogP contribution in [0.5, 0.6) is 0 Å². The van der Waals surface area contributed by atoms with Gasteiger partial charge in [0.05, 0.1) is 17.6 Å². The van der Waals surface area contributed by atoms with Crippen molar-refractivity contribution < 1.29 is 24.0 Å². The average Bonchev–Trinajstić information content (AvgIpc) is 2.58. The van der Waals surface area contributed by atoms with Crippen LogP contribution >= 0.6 is 0 Å². The number of nitro benzene ring substituents is 1. The van der Waals surface area contributed by atoms with Crippen LogP contribution in [0, 0.1) is 16.0 Å². The fourth-order valence-corrected chi connectivity index (χ4v) is 3.26. The maximum atomic E-state index is 13.0. The second-order valence-electron chi connectivity index (χ2n) is 7.58. The van der Waals surface area contributed by atoms with Crippen LogP contribution in [-0.4, -0.2) is 35.3 Å². The van der Waals surface area contributed by atoms with Crippen molar-refractivity contribution in [2.24, 2.45) is 10.9 Å². The van der Waals surface area contributed by atoms with E-state index < -0.39 is 34.3 Å². The SMILES string of the molecule is COC(=O)C1C(C)=NC(C)=C(C(=O)OC(C)(C)C)[C@H]1c1cccc([N+](=O)[O-])c1. The Morgan fingerprint density at radius 1 is 1.21 bits per heavy atom. The summed E-state index contributed by atoms with van der Waals surface area (Å²) in [5.41, 5.74) is 0.615. The highest BCUT2D eigenvalue weighted by atomic mass is 16.6. The quantitative estimate of drug-likeness (QED) is 0.443. The van der Waals surface area contributed by atoms with Crippen molar-refractivity contribution in [3.8, 4) is 0 Å². The molecule has 28 heavy (non-hydrogen) atoms. The Bertz CT molecular complexity index is 879. The van der Waals surface area contributed by atoms with Crippen LogP contribution in [-0.2, 0) is 19.1 Å². The number of hydrogen-bond acceptors (Lipinski definition) is 7. The lowest BCUT2D eigenvalue weighted by molar-refractivity contribution is -0.384. The van der Waals surface area contributed by atoms with Gasteiger partial charge in [-0.25, -0.2) is 4.79 Å². The molecule has 150 valence electrons. The average molecular weight is 388 g/mol. The van der Waals surface area contributed by atoms with Crippen molar-refractivity contribution in [3.63, 3.8) is 0 Å². The summed E-state index contributed by atoms with van der Waals surface area (Å²) in [6.45, 7) is 8.52. The van der Waals surface area contributed by atoms with Crippen LogP contribution in [0.3, 0.4) is 0 Å². The third-order valence-corrected chi connectivity index (χ3v) is 4.34. The Hall–Kier alpha value is -3.03. The molecule has 0 saturated carbocycles. The fraction of sp³-hybridized carbons (Fsp3) is 0.450. The van der Waals surface area contributed by atoms with Gasteiger partial charge in [0.25, 0.3) is 5.69 Å². The van der Waals surface area contributed by atoms with Gasteiger partial charge in [0, 0.05) is 29.5 Å². The first-order valence-corrected chi connectivity index (χ1v) is 8.77. The normalized spacial score (nSPS) is 19.7. The van der Waals surface area contributed by atoms with Crippen molar-refractivity contribution >= 4 is 23.3 Å². The Morgan fingerprint density at radius 2 is 1.86 bits per heavy atom. The molecule has 0 fully saturated rings. The highest BCUT2D eigenvalue weighted by Crippen LogP contribution is 2.41. The van der Waals surface area contributed by atoms with Crippen LogP contribution in [0.4, 0.5) is 5.69 Å². The predicted octanol–water partition coefficient (Wildman–Crippen LogP) is 3.56. The minimum absolute atomic E-state index is 0.137. The van der Waals surface area contributed by atoms with E-state index in [4.69, 9.17) is 9.47 Å². The number of non-ortho nitro benzene ring substituents is 1. The number of allylic oxidation sites excluding steroid dienone is 1. The lowest BCUT2D eigenvalue weighted by atomic mass is 9.75. The van der Waals surface area contributed by atoms with Gasteiger partial charge in [-0.2, -0.15) is 0 Å². The van der Waals surface area contributed by atoms with E-state index in [1.165, 1.54) is 25.3 Å². The summed E-state index contributed by atoms with van der Waals surface area (Å²) in [6.07, 6.45) is 0. The van der Waals surface area contributed by atoms with Gasteiger partial charge in [0.1, 0.15) is 11.5 Å². The van der Waals surface area contributed by atoms with Gasteiger partial charge in [0.2, 0.25) is 0 Å². The molecule has 1 aliphatic heterocycles. The highest BCUT2D eigenvalue weighted by molar-refractivity contribution is 6.07. The molecule has 8 nitrogen and oxygen atoms in total. The van der Waals surface area contributed by atoms with Crippen molar-refractivity contribution in [3.05, 3.63) is 51.2 Å². The molecule has 0 amide bonds. The number of aliphatic imine (C=N–C) groups is 1. The number of hydrogen-bond donors (Lipinski definition) is 0. The maximum Gasteiger partial charge on any atom is 0.337 e. The molecule has 0 spiro atoms. The number of nitro groups is 1. The zero-order valence-corrected chi connectivity index (χ0v) is 16.8. The highest BCUT2D eigenvalue weighted by Gasteiger charge is 2.43. The van der Waals surface area contributed by atoms with Crippen molar-refractivity contribution in [2.75, 3.05) is 7.11 Å². The molecule has 0 radical (unpaired) electrons. The smallest absolute Gasteiger partial charge is 0.337 e. The molecule has 1 heterocycles. The monoisotopic (exact) mass is 388 g/mol. The summed E-state index contributed by atoms with van der Waals surface area (Å²) in [6, 6.07) is 5.87. The zero-order valence-electron chi connectivity index (χ0n) is 16.8.